The number of aliphatic hydroxyl groups is 2. The summed E-state index contributed by atoms with van der Waals surface area (Å²) in [6, 6.07) is 5.25. The number of thiazole rings is 1. The molecule has 0 bridgehead atoms. The molecule has 8 heteroatoms. The van der Waals surface area contributed by atoms with Gasteiger partial charge in [-0.2, -0.15) is 0 Å². The van der Waals surface area contributed by atoms with Crippen molar-refractivity contribution in [3.8, 4) is 5.75 Å². The molecular weight excluding hydrogens is 390 g/mol. The summed E-state index contributed by atoms with van der Waals surface area (Å²) in [5.74, 6) is 1.02. The third kappa shape index (κ3) is 4.95. The fourth-order valence-electron chi connectivity index (χ4n) is 3.31. The van der Waals surface area contributed by atoms with Gasteiger partial charge in [-0.25, -0.2) is 9.97 Å². The number of benzene rings is 1. The van der Waals surface area contributed by atoms with Crippen molar-refractivity contribution >= 4 is 39.7 Å². The van der Waals surface area contributed by atoms with Crippen LogP contribution in [0.4, 0.5) is 5.13 Å². The third-order valence-electron chi connectivity index (χ3n) is 4.86. The number of nitrogens with zero attached hydrogens (tertiary/aromatic N) is 3. The first-order chi connectivity index (χ1) is 14.2. The monoisotopic (exact) mass is 415 g/mol. The van der Waals surface area contributed by atoms with E-state index in [1.54, 1.807) is 29.5 Å². The van der Waals surface area contributed by atoms with Crippen LogP contribution in [0, 0.1) is 0 Å². The maximum Gasteiger partial charge on any atom is 0.220 e. The lowest BCUT2D eigenvalue weighted by Crippen LogP contribution is -2.25. The molecule has 0 atom stereocenters. The van der Waals surface area contributed by atoms with Crippen LogP contribution in [-0.2, 0) is 0 Å². The van der Waals surface area contributed by atoms with E-state index in [2.05, 4.69) is 14.9 Å². The van der Waals surface area contributed by atoms with E-state index < -0.39 is 6.10 Å². The van der Waals surface area contributed by atoms with Gasteiger partial charge in [0.2, 0.25) is 5.89 Å². The Morgan fingerprint density at radius 3 is 2.69 bits per heavy atom. The van der Waals surface area contributed by atoms with Crippen LogP contribution in [0.2, 0.25) is 0 Å². The van der Waals surface area contributed by atoms with Gasteiger partial charge in [-0.05, 0) is 31.1 Å². The summed E-state index contributed by atoms with van der Waals surface area (Å²) in [6.07, 6.45) is 10.1. The highest BCUT2D eigenvalue weighted by Gasteiger charge is 2.13. The van der Waals surface area contributed by atoms with E-state index >= 15 is 0 Å². The quantitative estimate of drug-likeness (QED) is 0.609. The second-order valence-corrected chi connectivity index (χ2v) is 8.11. The van der Waals surface area contributed by atoms with Crippen LogP contribution in [0.25, 0.3) is 23.3 Å². The Hall–Kier alpha value is -2.42. The van der Waals surface area contributed by atoms with Crippen molar-refractivity contribution in [3.63, 3.8) is 0 Å². The Kier molecular flexibility index (Phi) is 6.43. The average Bonchev–Trinajstić information content (AvgIpc) is 3.28. The first-order valence-electron chi connectivity index (χ1n) is 9.93. The Balaban J connectivity index is 1.45. The SMILES string of the molecule is OCC(CO)Oc1ccc2nc(C=Cc3cnc(N4CCCCCC4)s3)oc2c1. The number of rotatable bonds is 7. The maximum absolute atomic E-state index is 9.14. The van der Waals surface area contributed by atoms with Gasteiger partial charge in [-0.15, -0.1) is 0 Å². The summed E-state index contributed by atoms with van der Waals surface area (Å²) in [6.45, 7) is 1.65. The molecule has 1 aliphatic heterocycles. The molecule has 0 saturated carbocycles. The van der Waals surface area contributed by atoms with Crippen LogP contribution in [0.15, 0.2) is 28.8 Å². The molecule has 2 N–H and O–H groups in total. The van der Waals surface area contributed by atoms with E-state index in [0.717, 1.165) is 28.6 Å². The number of hydrogen-bond acceptors (Lipinski definition) is 8. The van der Waals surface area contributed by atoms with Crippen LogP contribution >= 0.6 is 11.3 Å². The standard InChI is InChI=1S/C21H25N3O4S/c25-13-16(14-26)27-15-5-7-18-19(11-15)28-20(23-18)8-6-17-12-22-21(29-17)24-9-3-1-2-4-10-24/h5-8,11-12,16,25-26H,1-4,9-10,13-14H2. The van der Waals surface area contributed by atoms with Crippen molar-refractivity contribution in [2.45, 2.75) is 31.8 Å². The second kappa shape index (κ2) is 9.39. The van der Waals surface area contributed by atoms with Crippen LogP contribution in [0.1, 0.15) is 36.5 Å². The molecule has 3 heterocycles. The molecule has 4 rings (SSSR count). The number of aromatic nitrogens is 2. The van der Waals surface area contributed by atoms with Crippen LogP contribution in [0.5, 0.6) is 5.75 Å². The zero-order valence-corrected chi connectivity index (χ0v) is 17.0. The fourth-order valence-corrected chi connectivity index (χ4v) is 4.18. The minimum absolute atomic E-state index is 0.257. The lowest BCUT2D eigenvalue weighted by molar-refractivity contribution is 0.0630. The summed E-state index contributed by atoms with van der Waals surface area (Å²) in [4.78, 5) is 12.5. The van der Waals surface area contributed by atoms with Crippen LogP contribution in [0.3, 0.4) is 0 Å². The molecule has 0 amide bonds. The summed E-state index contributed by atoms with van der Waals surface area (Å²) < 4.78 is 11.3. The van der Waals surface area contributed by atoms with Gasteiger partial charge in [0.25, 0.3) is 0 Å². The fraction of sp³-hybridized carbons (Fsp3) is 0.429. The minimum atomic E-state index is -0.653. The van der Waals surface area contributed by atoms with Gasteiger partial charge in [0, 0.05) is 36.3 Å². The zero-order chi connectivity index (χ0) is 20.1. The zero-order valence-electron chi connectivity index (χ0n) is 16.2. The van der Waals surface area contributed by atoms with Gasteiger partial charge in [-0.1, -0.05) is 24.2 Å². The number of fused-ring (bicyclic) bond motifs is 1. The Labute approximate surface area is 173 Å². The molecular formula is C21H25N3O4S. The Bertz CT molecular complexity index is 956. The highest BCUT2D eigenvalue weighted by atomic mass is 32.1. The van der Waals surface area contributed by atoms with Gasteiger partial charge in [0.1, 0.15) is 17.4 Å². The Morgan fingerprint density at radius 2 is 1.93 bits per heavy atom. The van der Waals surface area contributed by atoms with E-state index in [-0.39, 0.29) is 13.2 Å². The summed E-state index contributed by atoms with van der Waals surface area (Å²) in [5.41, 5.74) is 1.31. The molecule has 7 nitrogen and oxygen atoms in total. The molecule has 0 aliphatic carbocycles. The molecule has 1 saturated heterocycles. The molecule has 29 heavy (non-hydrogen) atoms. The normalized spacial score (nSPS) is 15.5. The molecule has 0 spiro atoms. The van der Waals surface area contributed by atoms with Gasteiger partial charge < -0.3 is 24.3 Å². The predicted octanol–water partition coefficient (Wildman–Crippen LogP) is 3.57. The molecule has 2 aromatic heterocycles. The largest absolute Gasteiger partial charge is 0.485 e. The Morgan fingerprint density at radius 1 is 1.14 bits per heavy atom. The van der Waals surface area contributed by atoms with E-state index in [9.17, 15) is 0 Å². The number of anilines is 1. The number of oxazole rings is 1. The van der Waals surface area contributed by atoms with E-state index in [0.29, 0.717) is 17.2 Å². The van der Waals surface area contributed by atoms with Gasteiger partial charge in [0.15, 0.2) is 10.7 Å². The van der Waals surface area contributed by atoms with E-state index in [1.165, 1.54) is 25.7 Å². The molecule has 0 radical (unpaired) electrons. The van der Waals surface area contributed by atoms with Crippen LogP contribution < -0.4 is 9.64 Å². The van der Waals surface area contributed by atoms with Crippen molar-refractivity contribution in [2.75, 3.05) is 31.2 Å². The van der Waals surface area contributed by atoms with Crippen molar-refractivity contribution in [3.05, 3.63) is 35.2 Å². The first kappa shape index (κ1) is 19.9. The number of aliphatic hydroxyl groups excluding tert-OH is 2. The predicted molar refractivity (Wildman–Crippen MR) is 114 cm³/mol. The molecule has 1 aromatic carbocycles. The lowest BCUT2D eigenvalue weighted by Gasteiger charge is -2.18. The highest BCUT2D eigenvalue weighted by molar-refractivity contribution is 7.16. The van der Waals surface area contributed by atoms with E-state index in [1.807, 2.05) is 18.3 Å². The molecule has 1 aliphatic rings. The molecule has 0 unspecified atom stereocenters. The average molecular weight is 416 g/mol. The smallest absolute Gasteiger partial charge is 0.220 e. The van der Waals surface area contributed by atoms with Crippen LogP contribution in [-0.4, -0.2) is 52.6 Å². The molecule has 154 valence electrons. The maximum atomic E-state index is 9.14. The first-order valence-corrected chi connectivity index (χ1v) is 10.7. The van der Waals surface area contributed by atoms with Crippen molar-refractivity contribution in [1.82, 2.24) is 9.97 Å². The highest BCUT2D eigenvalue weighted by Crippen LogP contribution is 2.27. The van der Waals surface area contributed by atoms with Crippen molar-refractivity contribution in [1.29, 1.82) is 0 Å². The minimum Gasteiger partial charge on any atom is -0.485 e. The summed E-state index contributed by atoms with van der Waals surface area (Å²) >= 11 is 1.68. The number of hydrogen-bond donors (Lipinski definition) is 2. The third-order valence-corrected chi connectivity index (χ3v) is 5.89. The van der Waals surface area contributed by atoms with Gasteiger partial charge in [-0.3, -0.25) is 0 Å². The van der Waals surface area contributed by atoms with Gasteiger partial charge >= 0.3 is 0 Å². The second-order valence-electron chi connectivity index (χ2n) is 7.07. The van der Waals surface area contributed by atoms with Gasteiger partial charge in [0.05, 0.1) is 13.2 Å². The summed E-state index contributed by atoms with van der Waals surface area (Å²) in [5, 5.41) is 19.4. The molecule has 1 fully saturated rings. The van der Waals surface area contributed by atoms with Crippen molar-refractivity contribution in [2.24, 2.45) is 0 Å². The van der Waals surface area contributed by atoms with Crippen molar-refractivity contribution < 1.29 is 19.4 Å². The van der Waals surface area contributed by atoms with E-state index in [4.69, 9.17) is 19.4 Å². The molecule has 3 aromatic rings. The topological polar surface area (TPSA) is 91.8 Å². The summed E-state index contributed by atoms with van der Waals surface area (Å²) in [7, 11) is 0. The number of ether oxygens (including phenoxy) is 1. The lowest BCUT2D eigenvalue weighted by atomic mass is 10.2.